The first-order valence-corrected chi connectivity index (χ1v) is 11.4. The largest absolute Gasteiger partial charge is 0.298 e. The molecule has 7 nitrogen and oxygen atoms in total. The molecule has 9 heteroatoms. The van der Waals surface area contributed by atoms with Gasteiger partial charge in [-0.2, -0.15) is 5.26 Å². The van der Waals surface area contributed by atoms with Crippen LogP contribution in [0.1, 0.15) is 24.4 Å². The number of fused-ring (bicyclic) bond motifs is 1. The molecule has 1 fully saturated rings. The normalized spacial score (nSPS) is 17.4. The number of nitriles is 1. The van der Waals surface area contributed by atoms with Gasteiger partial charge in [-0.05, 0) is 49.4 Å². The second-order valence-electron chi connectivity index (χ2n) is 7.52. The summed E-state index contributed by atoms with van der Waals surface area (Å²) in [6.45, 7) is 4.74. The van der Waals surface area contributed by atoms with Gasteiger partial charge in [0.1, 0.15) is 16.8 Å². The molecule has 2 aromatic carbocycles. The van der Waals surface area contributed by atoms with Crippen molar-refractivity contribution >= 4 is 33.5 Å². The van der Waals surface area contributed by atoms with Crippen LogP contribution in [0.3, 0.4) is 0 Å². The zero-order chi connectivity index (χ0) is 22.1. The molecular weight excluding hydrogens is 434 g/mol. The van der Waals surface area contributed by atoms with Crippen molar-refractivity contribution in [1.29, 1.82) is 5.26 Å². The molecule has 1 aliphatic rings. The van der Waals surface area contributed by atoms with Crippen LogP contribution in [0, 0.1) is 11.3 Å². The molecule has 0 aliphatic carbocycles. The van der Waals surface area contributed by atoms with E-state index >= 15 is 0 Å². The van der Waals surface area contributed by atoms with Crippen LogP contribution in [0.15, 0.2) is 52.2 Å². The van der Waals surface area contributed by atoms with Gasteiger partial charge in [-0.15, -0.1) is 0 Å². The van der Waals surface area contributed by atoms with Gasteiger partial charge < -0.3 is 0 Å². The van der Waals surface area contributed by atoms with Crippen molar-refractivity contribution in [2.24, 2.45) is 7.05 Å². The van der Waals surface area contributed by atoms with Gasteiger partial charge in [-0.3, -0.25) is 14.3 Å². The Morgan fingerprint density at radius 2 is 1.81 bits per heavy atom. The molecule has 1 aliphatic heterocycles. The van der Waals surface area contributed by atoms with Crippen molar-refractivity contribution in [3.63, 3.8) is 0 Å². The number of halogens is 1. The summed E-state index contributed by atoms with van der Waals surface area (Å²) in [5.74, 6) is 0.675. The minimum absolute atomic E-state index is 0.0798. The predicted molar refractivity (Wildman–Crippen MR) is 121 cm³/mol. The van der Waals surface area contributed by atoms with Gasteiger partial charge in [0.2, 0.25) is 0 Å². The number of hydrogen-bond donors (Lipinski definition) is 0. The fraction of sp³-hybridized carbons (Fsp3) is 0.318. The van der Waals surface area contributed by atoms with Gasteiger partial charge in [-0.1, -0.05) is 11.6 Å². The summed E-state index contributed by atoms with van der Waals surface area (Å²) in [7, 11) is 0.484. The van der Waals surface area contributed by atoms with Gasteiger partial charge >= 0.3 is 0 Å². The highest BCUT2D eigenvalue weighted by molar-refractivity contribution is 7.82. The average molecular weight is 456 g/mol. The lowest BCUT2D eigenvalue weighted by atomic mass is 10.1. The Morgan fingerprint density at radius 1 is 1.13 bits per heavy atom. The maximum atomic E-state index is 12.9. The molecule has 2 heterocycles. The van der Waals surface area contributed by atoms with Gasteiger partial charge in [0.25, 0.3) is 5.56 Å². The van der Waals surface area contributed by atoms with Crippen molar-refractivity contribution in [1.82, 2.24) is 18.8 Å². The van der Waals surface area contributed by atoms with Crippen LogP contribution in [-0.4, -0.2) is 49.1 Å². The van der Waals surface area contributed by atoms with Gasteiger partial charge in [0.05, 0.1) is 33.5 Å². The molecule has 1 saturated heterocycles. The number of nitrogens with zero attached hydrogens (tertiary/aromatic N) is 5. The third-order valence-electron chi connectivity index (χ3n) is 5.68. The van der Waals surface area contributed by atoms with Crippen LogP contribution >= 0.6 is 11.6 Å². The Balaban J connectivity index is 1.51. The molecule has 0 amide bonds. The lowest BCUT2D eigenvalue weighted by Gasteiger charge is -2.37. The third-order valence-corrected chi connectivity index (χ3v) is 7.45. The lowest BCUT2D eigenvalue weighted by Crippen LogP contribution is -2.48. The lowest BCUT2D eigenvalue weighted by molar-refractivity contribution is 0.141. The SMILES string of the molecule is CC(c1nc2ccc(C#N)cc2c(=O)n1C)N1CCN(S(=O)c2ccc(Cl)cc2)CC1. The van der Waals surface area contributed by atoms with Gasteiger partial charge in [0.15, 0.2) is 0 Å². The zero-order valence-corrected chi connectivity index (χ0v) is 18.9. The second-order valence-corrected chi connectivity index (χ2v) is 9.44. The van der Waals surface area contributed by atoms with E-state index in [1.807, 2.05) is 11.2 Å². The number of piperazine rings is 1. The van der Waals surface area contributed by atoms with Crippen LogP contribution < -0.4 is 5.56 Å². The van der Waals surface area contributed by atoms with Crippen molar-refractivity contribution < 1.29 is 4.21 Å². The smallest absolute Gasteiger partial charge is 0.261 e. The van der Waals surface area contributed by atoms with E-state index in [1.54, 1.807) is 54.1 Å². The molecule has 0 bridgehead atoms. The Kier molecular flexibility index (Phi) is 6.21. The molecule has 31 heavy (non-hydrogen) atoms. The van der Waals surface area contributed by atoms with Crippen LogP contribution in [0.25, 0.3) is 10.9 Å². The quantitative estimate of drug-likeness (QED) is 0.604. The van der Waals surface area contributed by atoms with E-state index in [0.717, 1.165) is 4.90 Å². The molecule has 2 atom stereocenters. The number of aromatic nitrogens is 2. The van der Waals surface area contributed by atoms with Crippen molar-refractivity contribution in [2.45, 2.75) is 17.9 Å². The maximum absolute atomic E-state index is 12.9. The Bertz CT molecular complexity index is 1240. The number of hydrogen-bond acceptors (Lipinski definition) is 5. The summed E-state index contributed by atoms with van der Waals surface area (Å²) in [5.41, 5.74) is 0.870. The zero-order valence-electron chi connectivity index (χ0n) is 17.3. The molecule has 3 aromatic rings. The third kappa shape index (κ3) is 4.27. The van der Waals surface area contributed by atoms with E-state index in [4.69, 9.17) is 21.8 Å². The molecule has 0 saturated carbocycles. The highest BCUT2D eigenvalue weighted by Gasteiger charge is 2.27. The molecule has 4 rings (SSSR count). The molecule has 0 spiro atoms. The average Bonchev–Trinajstić information content (AvgIpc) is 2.81. The van der Waals surface area contributed by atoms with E-state index in [9.17, 15) is 9.00 Å². The van der Waals surface area contributed by atoms with Crippen molar-refractivity contribution in [2.75, 3.05) is 26.2 Å². The summed E-state index contributed by atoms with van der Waals surface area (Å²) in [4.78, 5) is 20.6. The predicted octanol–water partition coefficient (Wildman–Crippen LogP) is 2.86. The fourth-order valence-corrected chi connectivity index (χ4v) is 5.14. The minimum Gasteiger partial charge on any atom is -0.298 e. The van der Waals surface area contributed by atoms with Crippen molar-refractivity contribution in [3.8, 4) is 6.07 Å². The summed E-state index contributed by atoms with van der Waals surface area (Å²) >= 11 is 5.93. The summed E-state index contributed by atoms with van der Waals surface area (Å²) in [6, 6.07) is 14.0. The van der Waals surface area contributed by atoms with Crippen LogP contribution in [0.5, 0.6) is 0 Å². The van der Waals surface area contributed by atoms with E-state index < -0.39 is 11.0 Å². The summed E-state index contributed by atoms with van der Waals surface area (Å²) in [5, 5.41) is 10.2. The number of benzene rings is 2. The molecule has 2 unspecified atom stereocenters. The van der Waals surface area contributed by atoms with Crippen LogP contribution in [0.2, 0.25) is 5.02 Å². The topological polar surface area (TPSA) is 82.2 Å². The Hall–Kier alpha value is -2.57. The molecule has 0 radical (unpaired) electrons. The standard InChI is InChI=1S/C22H22ClN5O2S/c1-15(21-25-20-8-3-16(14-24)13-19(20)22(29)26(21)2)27-9-11-28(12-10-27)31(30)18-6-4-17(23)5-7-18/h3-8,13,15H,9-12H2,1-2H3. The minimum atomic E-state index is -1.23. The molecular formula is C22H22ClN5O2S. The van der Waals surface area contributed by atoms with Crippen LogP contribution in [0.4, 0.5) is 0 Å². The van der Waals surface area contributed by atoms with E-state index in [-0.39, 0.29) is 11.6 Å². The Labute approximate surface area is 188 Å². The molecule has 160 valence electrons. The van der Waals surface area contributed by atoms with Gasteiger partial charge in [0, 0.05) is 38.2 Å². The first kappa shape index (κ1) is 21.7. The first-order chi connectivity index (χ1) is 14.9. The van der Waals surface area contributed by atoms with Crippen molar-refractivity contribution in [3.05, 3.63) is 69.2 Å². The second kappa shape index (κ2) is 8.89. The van der Waals surface area contributed by atoms with Gasteiger partial charge in [-0.25, -0.2) is 13.5 Å². The highest BCUT2D eigenvalue weighted by atomic mass is 35.5. The fourth-order valence-electron chi connectivity index (χ4n) is 3.85. The highest BCUT2D eigenvalue weighted by Crippen LogP contribution is 2.23. The Morgan fingerprint density at radius 3 is 2.45 bits per heavy atom. The molecule has 1 aromatic heterocycles. The maximum Gasteiger partial charge on any atom is 0.261 e. The summed E-state index contributed by atoms with van der Waals surface area (Å²) < 4.78 is 16.4. The van der Waals surface area contributed by atoms with E-state index in [1.165, 1.54) is 0 Å². The van der Waals surface area contributed by atoms with Crippen LogP contribution in [-0.2, 0) is 18.0 Å². The summed E-state index contributed by atoms with van der Waals surface area (Å²) in [6.07, 6.45) is 0. The first-order valence-electron chi connectivity index (χ1n) is 9.96. The molecule has 0 N–H and O–H groups in total. The van der Waals surface area contributed by atoms with E-state index in [2.05, 4.69) is 11.0 Å². The monoisotopic (exact) mass is 455 g/mol. The number of rotatable bonds is 4. The van der Waals surface area contributed by atoms with E-state index in [0.29, 0.717) is 53.5 Å².